The monoisotopic (exact) mass is 240 g/mol. The highest BCUT2D eigenvalue weighted by Gasteiger charge is 2.39. The van der Waals surface area contributed by atoms with E-state index in [1.54, 1.807) is 0 Å². The molecule has 0 amide bonds. The van der Waals surface area contributed by atoms with Crippen LogP contribution in [0.1, 0.15) is 53.4 Å². The van der Waals surface area contributed by atoms with Gasteiger partial charge in [0.1, 0.15) is 0 Å². The van der Waals surface area contributed by atoms with Crippen LogP contribution >= 0.6 is 0 Å². The predicted octanol–water partition coefficient (Wildman–Crippen LogP) is 3.12. The van der Waals surface area contributed by atoms with Crippen LogP contribution in [0.15, 0.2) is 0 Å². The van der Waals surface area contributed by atoms with E-state index in [2.05, 4.69) is 39.6 Å². The Labute approximate surface area is 108 Å². The summed E-state index contributed by atoms with van der Waals surface area (Å²) in [5.74, 6) is 2.64. The van der Waals surface area contributed by atoms with Gasteiger partial charge in [0.2, 0.25) is 0 Å². The summed E-state index contributed by atoms with van der Waals surface area (Å²) in [6.07, 6.45) is 5.09. The van der Waals surface area contributed by atoms with Crippen LogP contribution in [0.25, 0.3) is 0 Å². The molecule has 0 aliphatic heterocycles. The molecule has 0 aromatic rings. The van der Waals surface area contributed by atoms with Crippen LogP contribution in [-0.4, -0.2) is 30.6 Å². The number of nitrogens with two attached hydrogens (primary N) is 1. The predicted molar refractivity (Wildman–Crippen MR) is 76.0 cm³/mol. The molecule has 0 saturated heterocycles. The molecule has 1 fully saturated rings. The summed E-state index contributed by atoms with van der Waals surface area (Å²) in [5, 5.41) is 0. The van der Waals surface area contributed by atoms with Gasteiger partial charge in [-0.2, -0.15) is 0 Å². The van der Waals surface area contributed by atoms with Crippen molar-refractivity contribution in [3.63, 3.8) is 0 Å². The third kappa shape index (κ3) is 3.69. The molecular weight excluding hydrogens is 208 g/mol. The summed E-state index contributed by atoms with van der Waals surface area (Å²) in [5.41, 5.74) is 6.35. The molecule has 2 heteroatoms. The molecule has 1 rings (SSSR count). The van der Waals surface area contributed by atoms with Crippen LogP contribution < -0.4 is 5.73 Å². The van der Waals surface area contributed by atoms with Gasteiger partial charge in [0.15, 0.2) is 0 Å². The van der Waals surface area contributed by atoms with Crippen LogP contribution in [0.5, 0.6) is 0 Å². The molecule has 2 nitrogen and oxygen atoms in total. The molecule has 2 N–H and O–H groups in total. The van der Waals surface area contributed by atoms with Gasteiger partial charge in [-0.3, -0.25) is 4.90 Å². The highest BCUT2D eigenvalue weighted by atomic mass is 15.2. The summed E-state index contributed by atoms with van der Waals surface area (Å²) in [7, 11) is 2.28. The van der Waals surface area contributed by atoms with Crippen LogP contribution in [0.3, 0.4) is 0 Å². The topological polar surface area (TPSA) is 29.3 Å². The van der Waals surface area contributed by atoms with Crippen molar-refractivity contribution >= 4 is 0 Å². The molecule has 0 heterocycles. The minimum atomic E-state index is 0.234. The lowest BCUT2D eigenvalue weighted by molar-refractivity contribution is 0.0866. The Morgan fingerprint density at radius 1 is 1.41 bits per heavy atom. The van der Waals surface area contributed by atoms with Crippen LogP contribution in [-0.2, 0) is 0 Å². The Balaban J connectivity index is 2.60. The second-order valence-electron chi connectivity index (χ2n) is 6.35. The van der Waals surface area contributed by atoms with E-state index >= 15 is 0 Å². The fourth-order valence-corrected chi connectivity index (χ4v) is 2.95. The lowest BCUT2D eigenvalue weighted by Crippen LogP contribution is -2.53. The lowest BCUT2D eigenvalue weighted by atomic mass is 9.83. The average molecular weight is 240 g/mol. The average Bonchev–Trinajstić information content (AvgIpc) is 3.01. The van der Waals surface area contributed by atoms with E-state index in [1.165, 1.54) is 32.2 Å². The SMILES string of the molecule is CCC(C)CC(CC)(CN)N(C)CC1CC1C. The summed E-state index contributed by atoms with van der Waals surface area (Å²) in [6.45, 7) is 11.3. The van der Waals surface area contributed by atoms with Crippen molar-refractivity contribution in [3.05, 3.63) is 0 Å². The number of likely N-dealkylation sites (N-methyl/N-ethyl adjacent to an activating group) is 1. The summed E-state index contributed by atoms with van der Waals surface area (Å²) in [6, 6.07) is 0. The Morgan fingerprint density at radius 3 is 2.35 bits per heavy atom. The molecule has 0 bridgehead atoms. The van der Waals surface area contributed by atoms with E-state index in [0.29, 0.717) is 0 Å². The molecule has 0 aromatic heterocycles. The van der Waals surface area contributed by atoms with E-state index in [4.69, 9.17) is 5.73 Å². The highest BCUT2D eigenvalue weighted by molar-refractivity contribution is 4.94. The second-order valence-corrected chi connectivity index (χ2v) is 6.35. The second kappa shape index (κ2) is 6.19. The van der Waals surface area contributed by atoms with Crippen LogP contribution in [0, 0.1) is 17.8 Å². The van der Waals surface area contributed by atoms with Crippen molar-refractivity contribution in [2.45, 2.75) is 58.9 Å². The molecule has 0 radical (unpaired) electrons. The van der Waals surface area contributed by atoms with Crippen molar-refractivity contribution in [1.82, 2.24) is 4.90 Å². The first-order chi connectivity index (χ1) is 7.99. The van der Waals surface area contributed by atoms with Gasteiger partial charge >= 0.3 is 0 Å². The van der Waals surface area contributed by atoms with Gasteiger partial charge in [-0.1, -0.05) is 34.1 Å². The quantitative estimate of drug-likeness (QED) is 0.706. The zero-order chi connectivity index (χ0) is 13.1. The molecule has 4 atom stereocenters. The van der Waals surface area contributed by atoms with Crippen molar-refractivity contribution < 1.29 is 0 Å². The van der Waals surface area contributed by atoms with Crippen molar-refractivity contribution in [2.24, 2.45) is 23.5 Å². The zero-order valence-corrected chi connectivity index (χ0v) is 12.5. The van der Waals surface area contributed by atoms with Crippen molar-refractivity contribution in [3.8, 4) is 0 Å². The fourth-order valence-electron chi connectivity index (χ4n) is 2.95. The molecule has 4 unspecified atom stereocenters. The molecule has 102 valence electrons. The standard InChI is InChI=1S/C15H32N2/c1-6-12(3)9-15(7-2,11-16)17(5)10-14-8-13(14)4/h12-14H,6-11,16H2,1-5H3. The van der Waals surface area contributed by atoms with Crippen molar-refractivity contribution in [2.75, 3.05) is 20.1 Å². The first-order valence-corrected chi connectivity index (χ1v) is 7.40. The van der Waals surface area contributed by atoms with E-state index in [-0.39, 0.29) is 5.54 Å². The van der Waals surface area contributed by atoms with Gasteiger partial charge in [-0.15, -0.1) is 0 Å². The third-order valence-electron chi connectivity index (χ3n) is 5.06. The number of hydrogen-bond donors (Lipinski definition) is 1. The van der Waals surface area contributed by atoms with E-state index in [0.717, 1.165) is 24.3 Å². The number of hydrogen-bond acceptors (Lipinski definition) is 2. The summed E-state index contributed by atoms with van der Waals surface area (Å²) < 4.78 is 0. The smallest absolute Gasteiger partial charge is 0.0328 e. The summed E-state index contributed by atoms with van der Waals surface area (Å²) >= 11 is 0. The van der Waals surface area contributed by atoms with Gasteiger partial charge < -0.3 is 5.73 Å². The van der Waals surface area contributed by atoms with Crippen LogP contribution in [0.4, 0.5) is 0 Å². The van der Waals surface area contributed by atoms with Gasteiger partial charge in [0, 0.05) is 18.6 Å². The minimum Gasteiger partial charge on any atom is -0.329 e. The van der Waals surface area contributed by atoms with Crippen molar-refractivity contribution in [1.29, 1.82) is 0 Å². The molecule has 1 saturated carbocycles. The molecule has 1 aliphatic carbocycles. The first kappa shape index (κ1) is 15.0. The third-order valence-corrected chi connectivity index (χ3v) is 5.06. The maximum atomic E-state index is 6.11. The van der Waals surface area contributed by atoms with E-state index in [9.17, 15) is 0 Å². The van der Waals surface area contributed by atoms with Gasteiger partial charge in [0.25, 0.3) is 0 Å². The Bertz CT molecular complexity index is 223. The zero-order valence-electron chi connectivity index (χ0n) is 12.5. The lowest BCUT2D eigenvalue weighted by Gasteiger charge is -2.42. The normalized spacial score (nSPS) is 29.1. The Kier molecular flexibility index (Phi) is 5.46. The summed E-state index contributed by atoms with van der Waals surface area (Å²) in [4.78, 5) is 2.56. The molecular formula is C15H32N2. The van der Waals surface area contributed by atoms with Crippen LogP contribution in [0.2, 0.25) is 0 Å². The minimum absolute atomic E-state index is 0.234. The Morgan fingerprint density at radius 2 is 2.00 bits per heavy atom. The molecule has 0 aromatic carbocycles. The maximum Gasteiger partial charge on any atom is 0.0328 e. The van der Waals surface area contributed by atoms with E-state index < -0.39 is 0 Å². The van der Waals surface area contributed by atoms with Gasteiger partial charge in [-0.25, -0.2) is 0 Å². The fraction of sp³-hybridized carbons (Fsp3) is 1.00. The first-order valence-electron chi connectivity index (χ1n) is 7.40. The highest BCUT2D eigenvalue weighted by Crippen LogP contribution is 2.40. The maximum absolute atomic E-state index is 6.11. The van der Waals surface area contributed by atoms with Gasteiger partial charge in [-0.05, 0) is 44.1 Å². The number of nitrogens with zero attached hydrogens (tertiary/aromatic N) is 1. The van der Waals surface area contributed by atoms with E-state index in [1.807, 2.05) is 0 Å². The molecule has 0 spiro atoms. The largest absolute Gasteiger partial charge is 0.329 e. The van der Waals surface area contributed by atoms with Gasteiger partial charge in [0.05, 0.1) is 0 Å². The Hall–Kier alpha value is -0.0800. The molecule has 17 heavy (non-hydrogen) atoms. The molecule has 1 aliphatic rings. The number of rotatable bonds is 8.